The average Bonchev–Trinajstić information content (AvgIpc) is 2.70. The number of aryl methyl sites for hydroxylation is 2. The van der Waals surface area contributed by atoms with Crippen molar-refractivity contribution in [3.8, 4) is 0 Å². The Hall–Kier alpha value is -1.06. The van der Waals surface area contributed by atoms with Crippen LogP contribution in [0, 0.1) is 19.8 Å². The van der Waals surface area contributed by atoms with Gasteiger partial charge in [0.15, 0.2) is 0 Å². The van der Waals surface area contributed by atoms with Gasteiger partial charge in [0, 0.05) is 18.2 Å². The Labute approximate surface area is 121 Å². The van der Waals surface area contributed by atoms with Crippen LogP contribution in [-0.2, 0) is 0 Å². The maximum Gasteiger partial charge on any atom is 0.254 e. The highest BCUT2D eigenvalue weighted by molar-refractivity contribution is 5.96. The zero-order chi connectivity index (χ0) is 13.3. The van der Waals surface area contributed by atoms with Crippen molar-refractivity contribution in [1.29, 1.82) is 0 Å². The van der Waals surface area contributed by atoms with E-state index in [0.29, 0.717) is 18.5 Å². The molecule has 2 unspecified atom stereocenters. The smallest absolute Gasteiger partial charge is 0.254 e. The van der Waals surface area contributed by atoms with Gasteiger partial charge in [-0.1, -0.05) is 17.7 Å². The molecule has 0 radical (unpaired) electrons. The lowest BCUT2D eigenvalue weighted by Crippen LogP contribution is -2.34. The van der Waals surface area contributed by atoms with Gasteiger partial charge in [-0.3, -0.25) is 4.79 Å². The van der Waals surface area contributed by atoms with Gasteiger partial charge >= 0.3 is 0 Å². The van der Waals surface area contributed by atoms with Gasteiger partial charge in [-0.25, -0.2) is 0 Å². The standard InChI is InChI=1S/C15H22N2O.ClH/c1-10-4-5-14(11(2)6-10)15(18)17-9-13(8-16)7-12(17)3;/h4-6,12-13H,7-9,16H2,1-3H3;1H. The van der Waals surface area contributed by atoms with E-state index >= 15 is 0 Å². The Kier molecular flexibility index (Phi) is 5.39. The number of nitrogens with two attached hydrogens (primary N) is 1. The van der Waals surface area contributed by atoms with Gasteiger partial charge in [-0.2, -0.15) is 0 Å². The zero-order valence-corrected chi connectivity index (χ0v) is 12.7. The Morgan fingerprint density at radius 1 is 1.42 bits per heavy atom. The van der Waals surface area contributed by atoms with Crippen LogP contribution < -0.4 is 5.73 Å². The van der Waals surface area contributed by atoms with Crippen molar-refractivity contribution in [2.45, 2.75) is 33.2 Å². The lowest BCUT2D eigenvalue weighted by atomic mass is 10.0. The molecule has 0 aromatic heterocycles. The lowest BCUT2D eigenvalue weighted by molar-refractivity contribution is 0.0742. The Balaban J connectivity index is 0.00000180. The van der Waals surface area contributed by atoms with Gasteiger partial charge in [-0.15, -0.1) is 12.4 Å². The number of rotatable bonds is 2. The first kappa shape index (κ1) is 16.0. The SMILES string of the molecule is Cc1ccc(C(=O)N2CC(CN)CC2C)c(C)c1.Cl. The van der Waals surface area contributed by atoms with Crippen LogP contribution in [0.25, 0.3) is 0 Å². The van der Waals surface area contributed by atoms with Gasteiger partial charge in [-0.05, 0) is 51.3 Å². The summed E-state index contributed by atoms with van der Waals surface area (Å²) in [7, 11) is 0. The van der Waals surface area contributed by atoms with E-state index in [4.69, 9.17) is 5.73 Å². The molecule has 106 valence electrons. The predicted molar refractivity (Wildman–Crippen MR) is 80.8 cm³/mol. The van der Waals surface area contributed by atoms with E-state index < -0.39 is 0 Å². The minimum absolute atomic E-state index is 0. The van der Waals surface area contributed by atoms with Crippen molar-refractivity contribution in [3.63, 3.8) is 0 Å². The number of hydrogen-bond donors (Lipinski definition) is 1. The third-order valence-electron chi connectivity index (χ3n) is 3.87. The Bertz CT molecular complexity index is 461. The van der Waals surface area contributed by atoms with Crippen LogP contribution in [0.1, 0.15) is 34.8 Å². The molecule has 2 rings (SSSR count). The average molecular weight is 283 g/mol. The summed E-state index contributed by atoms with van der Waals surface area (Å²) in [6, 6.07) is 6.30. The molecule has 0 aliphatic carbocycles. The molecule has 1 aromatic carbocycles. The van der Waals surface area contributed by atoms with Crippen LogP contribution in [0.15, 0.2) is 18.2 Å². The van der Waals surface area contributed by atoms with Crippen molar-refractivity contribution in [2.75, 3.05) is 13.1 Å². The van der Waals surface area contributed by atoms with Gasteiger partial charge in [0.25, 0.3) is 5.91 Å². The summed E-state index contributed by atoms with van der Waals surface area (Å²) in [5, 5.41) is 0. The molecule has 1 saturated heterocycles. The summed E-state index contributed by atoms with van der Waals surface area (Å²) in [5.74, 6) is 0.602. The summed E-state index contributed by atoms with van der Waals surface area (Å²) in [4.78, 5) is 14.5. The quantitative estimate of drug-likeness (QED) is 0.906. The third-order valence-corrected chi connectivity index (χ3v) is 3.87. The minimum atomic E-state index is 0. The number of benzene rings is 1. The number of hydrogen-bond acceptors (Lipinski definition) is 2. The normalized spacial score (nSPS) is 22.2. The maximum absolute atomic E-state index is 12.5. The molecule has 19 heavy (non-hydrogen) atoms. The second kappa shape index (κ2) is 6.40. The largest absolute Gasteiger partial charge is 0.336 e. The van der Waals surface area contributed by atoms with Crippen LogP contribution in [0.3, 0.4) is 0 Å². The molecule has 1 aliphatic rings. The molecule has 2 N–H and O–H groups in total. The zero-order valence-electron chi connectivity index (χ0n) is 11.8. The second-order valence-corrected chi connectivity index (χ2v) is 5.46. The monoisotopic (exact) mass is 282 g/mol. The highest BCUT2D eigenvalue weighted by Crippen LogP contribution is 2.25. The molecule has 0 saturated carbocycles. The molecule has 1 aromatic rings. The van der Waals surface area contributed by atoms with Crippen LogP contribution >= 0.6 is 12.4 Å². The number of amides is 1. The van der Waals surface area contributed by atoms with E-state index in [1.807, 2.05) is 30.9 Å². The minimum Gasteiger partial charge on any atom is -0.336 e. The van der Waals surface area contributed by atoms with E-state index in [9.17, 15) is 4.79 Å². The van der Waals surface area contributed by atoms with Gasteiger partial charge in [0.1, 0.15) is 0 Å². The van der Waals surface area contributed by atoms with E-state index in [1.165, 1.54) is 5.56 Å². The molecule has 3 nitrogen and oxygen atoms in total. The molecular weight excluding hydrogens is 260 g/mol. The fourth-order valence-electron chi connectivity index (χ4n) is 2.80. The molecular formula is C15H23ClN2O. The van der Waals surface area contributed by atoms with Crippen LogP contribution in [0.4, 0.5) is 0 Å². The van der Waals surface area contributed by atoms with Crippen molar-refractivity contribution < 1.29 is 4.79 Å². The van der Waals surface area contributed by atoms with Crippen molar-refractivity contribution >= 4 is 18.3 Å². The summed E-state index contributed by atoms with van der Waals surface area (Å²) >= 11 is 0. The number of carbonyl (C=O) groups is 1. The van der Waals surface area contributed by atoms with E-state index in [2.05, 4.69) is 13.0 Å². The van der Waals surface area contributed by atoms with E-state index in [1.54, 1.807) is 0 Å². The van der Waals surface area contributed by atoms with Crippen molar-refractivity contribution in [1.82, 2.24) is 4.90 Å². The summed E-state index contributed by atoms with van der Waals surface area (Å²) < 4.78 is 0. The molecule has 2 atom stereocenters. The van der Waals surface area contributed by atoms with Crippen LogP contribution in [0.2, 0.25) is 0 Å². The van der Waals surface area contributed by atoms with Crippen LogP contribution in [-0.4, -0.2) is 29.9 Å². The van der Waals surface area contributed by atoms with Crippen molar-refractivity contribution in [2.24, 2.45) is 11.7 Å². The first-order valence-electron chi connectivity index (χ1n) is 6.61. The number of likely N-dealkylation sites (tertiary alicyclic amines) is 1. The topological polar surface area (TPSA) is 46.3 Å². The number of carbonyl (C=O) groups excluding carboxylic acids is 1. The first-order chi connectivity index (χ1) is 8.52. The third kappa shape index (κ3) is 3.28. The first-order valence-corrected chi connectivity index (χ1v) is 6.61. The summed E-state index contributed by atoms with van der Waals surface area (Å²) in [5.41, 5.74) is 8.78. The maximum atomic E-state index is 12.5. The fourth-order valence-corrected chi connectivity index (χ4v) is 2.80. The molecule has 1 amide bonds. The molecule has 0 bridgehead atoms. The second-order valence-electron chi connectivity index (χ2n) is 5.46. The molecule has 4 heteroatoms. The van der Waals surface area contributed by atoms with E-state index in [-0.39, 0.29) is 18.3 Å². The van der Waals surface area contributed by atoms with E-state index in [0.717, 1.165) is 24.1 Å². The lowest BCUT2D eigenvalue weighted by Gasteiger charge is -2.22. The number of nitrogens with zero attached hydrogens (tertiary/aromatic N) is 1. The summed E-state index contributed by atoms with van der Waals surface area (Å²) in [6.45, 7) is 7.62. The van der Waals surface area contributed by atoms with Gasteiger partial charge in [0.2, 0.25) is 0 Å². The molecule has 1 heterocycles. The Morgan fingerprint density at radius 2 is 2.11 bits per heavy atom. The van der Waals surface area contributed by atoms with Crippen molar-refractivity contribution in [3.05, 3.63) is 34.9 Å². The molecule has 0 spiro atoms. The van der Waals surface area contributed by atoms with Gasteiger partial charge in [0.05, 0.1) is 0 Å². The fraction of sp³-hybridized carbons (Fsp3) is 0.533. The Morgan fingerprint density at radius 3 is 2.63 bits per heavy atom. The highest BCUT2D eigenvalue weighted by atomic mass is 35.5. The number of halogens is 1. The molecule has 1 fully saturated rings. The van der Waals surface area contributed by atoms with Gasteiger partial charge < -0.3 is 10.6 Å². The predicted octanol–water partition coefficient (Wildman–Crippen LogP) is 2.53. The highest BCUT2D eigenvalue weighted by Gasteiger charge is 2.32. The summed E-state index contributed by atoms with van der Waals surface area (Å²) in [6.07, 6.45) is 1.02. The van der Waals surface area contributed by atoms with Crippen LogP contribution in [0.5, 0.6) is 0 Å². The molecule has 1 aliphatic heterocycles.